The molecule has 0 amide bonds. The zero-order valence-corrected chi connectivity index (χ0v) is 19.0. The van der Waals surface area contributed by atoms with Gasteiger partial charge in [-0.25, -0.2) is 0 Å². The minimum atomic E-state index is -4.02. The summed E-state index contributed by atoms with van der Waals surface area (Å²) in [7, 11) is 0. The number of hydrogen-bond acceptors (Lipinski definition) is 1. The third kappa shape index (κ3) is 18.5. The highest BCUT2D eigenvalue weighted by Crippen LogP contribution is 2.39. The summed E-state index contributed by atoms with van der Waals surface area (Å²) < 4.78 is 34.7. The molecule has 1 saturated carbocycles. The van der Waals surface area contributed by atoms with E-state index in [-0.39, 0.29) is 6.10 Å². The maximum absolute atomic E-state index is 11.6. The second-order valence-corrected chi connectivity index (χ2v) is 11.1. The first kappa shape index (κ1) is 28.0. The third-order valence-electron chi connectivity index (χ3n) is 4.32. The fraction of sp³-hybridized carbons (Fsp3) is 1.00. The molecule has 0 bridgehead atoms. The van der Waals surface area contributed by atoms with Crippen molar-refractivity contribution >= 4 is 0 Å². The van der Waals surface area contributed by atoms with Crippen LogP contribution in [-0.4, -0.2) is 17.4 Å². The average molecular weight is 383 g/mol. The number of alkyl halides is 3. The summed E-state index contributed by atoms with van der Waals surface area (Å²) in [5.41, 5.74) is 0.211. The van der Waals surface area contributed by atoms with Gasteiger partial charge in [0.05, 0.1) is 6.10 Å². The van der Waals surface area contributed by atoms with Gasteiger partial charge in [-0.3, -0.25) is 0 Å². The minimum absolute atomic E-state index is 0.0278. The van der Waals surface area contributed by atoms with E-state index < -0.39 is 18.0 Å². The molecule has 2 atom stereocenters. The molecule has 0 aromatic heterocycles. The summed E-state index contributed by atoms with van der Waals surface area (Å²) in [6.07, 6.45) is 1.34. The van der Waals surface area contributed by atoms with Crippen LogP contribution in [0.25, 0.3) is 0 Å². The summed E-state index contributed by atoms with van der Waals surface area (Å²) in [5, 5.41) is 9.52. The number of aliphatic hydroxyl groups excluding tert-OH is 1. The van der Waals surface area contributed by atoms with E-state index in [2.05, 4.69) is 48.5 Å². The molecule has 0 spiro atoms. The molecule has 1 fully saturated rings. The predicted octanol–water partition coefficient (Wildman–Crippen LogP) is 8.01. The Kier molecular flexibility index (Phi) is 11.7. The Morgan fingerprint density at radius 2 is 1.27 bits per heavy atom. The Hall–Kier alpha value is -0.250. The molecule has 0 radical (unpaired) electrons. The van der Waals surface area contributed by atoms with E-state index in [4.69, 9.17) is 0 Å². The summed E-state index contributed by atoms with van der Waals surface area (Å²) in [4.78, 5) is 0. The van der Waals surface area contributed by atoms with Crippen molar-refractivity contribution in [1.29, 1.82) is 0 Å². The third-order valence-corrected chi connectivity index (χ3v) is 4.32. The molecule has 1 aliphatic rings. The number of rotatable bonds is 1. The Labute approximate surface area is 161 Å². The summed E-state index contributed by atoms with van der Waals surface area (Å²) >= 11 is 0. The highest BCUT2D eigenvalue weighted by molar-refractivity contribution is 4.85. The first-order valence-corrected chi connectivity index (χ1v) is 10.0. The van der Waals surface area contributed by atoms with Crippen molar-refractivity contribution in [3.8, 4) is 0 Å². The molecule has 160 valence electrons. The van der Waals surface area contributed by atoms with Crippen molar-refractivity contribution in [2.75, 3.05) is 0 Å². The van der Waals surface area contributed by atoms with E-state index in [0.717, 1.165) is 6.42 Å². The van der Waals surface area contributed by atoms with Crippen molar-refractivity contribution in [3.05, 3.63) is 0 Å². The Morgan fingerprint density at radius 3 is 1.35 bits per heavy atom. The lowest BCUT2D eigenvalue weighted by molar-refractivity contribution is -0.152. The van der Waals surface area contributed by atoms with E-state index in [1.807, 2.05) is 0 Å². The van der Waals surface area contributed by atoms with E-state index in [9.17, 15) is 18.3 Å². The molecule has 0 aromatic carbocycles. The average Bonchev–Trinajstić information content (AvgIpc) is 2.69. The lowest BCUT2D eigenvalue weighted by Gasteiger charge is -2.29. The molecule has 26 heavy (non-hydrogen) atoms. The first-order valence-electron chi connectivity index (χ1n) is 10.0. The van der Waals surface area contributed by atoms with Crippen molar-refractivity contribution in [2.24, 2.45) is 22.2 Å². The summed E-state index contributed by atoms with van der Waals surface area (Å²) in [6, 6.07) is 0. The molecule has 0 aromatic rings. The van der Waals surface area contributed by atoms with Crippen LogP contribution in [-0.2, 0) is 0 Å². The van der Waals surface area contributed by atoms with Crippen LogP contribution >= 0.6 is 0 Å². The molecule has 1 rings (SSSR count). The van der Waals surface area contributed by atoms with E-state index in [1.54, 1.807) is 20.8 Å². The van der Waals surface area contributed by atoms with Crippen LogP contribution in [0.1, 0.15) is 108 Å². The second kappa shape index (κ2) is 10.9. The topological polar surface area (TPSA) is 20.2 Å². The van der Waals surface area contributed by atoms with Crippen LogP contribution < -0.4 is 0 Å². The van der Waals surface area contributed by atoms with Crippen molar-refractivity contribution in [1.82, 2.24) is 0 Å². The first-order chi connectivity index (χ1) is 11.3. The van der Waals surface area contributed by atoms with Gasteiger partial charge in [0.1, 0.15) is 0 Å². The molecule has 0 heterocycles. The van der Waals surface area contributed by atoms with Crippen LogP contribution in [0.3, 0.4) is 0 Å². The Balaban J connectivity index is 0. The second-order valence-electron chi connectivity index (χ2n) is 11.1. The van der Waals surface area contributed by atoms with Crippen LogP contribution in [0.2, 0.25) is 0 Å². The van der Waals surface area contributed by atoms with Gasteiger partial charge in [-0.15, -0.1) is 0 Å². The summed E-state index contributed by atoms with van der Waals surface area (Å²) in [5.74, 6) is 0.535. The summed E-state index contributed by atoms with van der Waals surface area (Å²) in [6.45, 7) is 20.4. The van der Waals surface area contributed by atoms with Crippen LogP contribution in [0, 0.1) is 22.2 Å². The monoisotopic (exact) mass is 382 g/mol. The van der Waals surface area contributed by atoms with E-state index >= 15 is 0 Å². The molecule has 2 unspecified atom stereocenters. The van der Waals surface area contributed by atoms with E-state index in [0.29, 0.717) is 16.7 Å². The van der Waals surface area contributed by atoms with Gasteiger partial charge in [0.2, 0.25) is 0 Å². The lowest BCUT2D eigenvalue weighted by atomic mass is 9.79. The van der Waals surface area contributed by atoms with Crippen LogP contribution in [0.5, 0.6) is 0 Å². The molecule has 1 N–H and O–H groups in total. The largest absolute Gasteiger partial charge is 0.393 e. The zero-order valence-electron chi connectivity index (χ0n) is 19.0. The van der Waals surface area contributed by atoms with Gasteiger partial charge in [0, 0.05) is 6.42 Å². The van der Waals surface area contributed by atoms with Gasteiger partial charge in [0.25, 0.3) is 0 Å². The normalized spacial score (nSPS) is 21.5. The minimum Gasteiger partial charge on any atom is -0.393 e. The SMILES string of the molecule is CC(C)(C)C1CCCC1O.CC(C)(C)CC(F)(F)F.CCCC(C)(C)C. The smallest absolute Gasteiger partial charge is 0.389 e. The zero-order chi connectivity index (χ0) is 21.4. The Morgan fingerprint density at radius 1 is 0.808 bits per heavy atom. The number of hydrogen-bond donors (Lipinski definition) is 1. The molecule has 1 aliphatic carbocycles. The van der Waals surface area contributed by atoms with Crippen molar-refractivity contribution in [3.63, 3.8) is 0 Å². The van der Waals surface area contributed by atoms with Crippen molar-refractivity contribution in [2.45, 2.75) is 120 Å². The number of halogens is 3. The van der Waals surface area contributed by atoms with E-state index in [1.165, 1.54) is 25.7 Å². The van der Waals surface area contributed by atoms with Gasteiger partial charge in [0.15, 0.2) is 0 Å². The van der Waals surface area contributed by atoms with Gasteiger partial charge in [-0.05, 0) is 41.4 Å². The van der Waals surface area contributed by atoms with Crippen molar-refractivity contribution < 1.29 is 18.3 Å². The van der Waals surface area contributed by atoms with Crippen LogP contribution in [0.15, 0.2) is 0 Å². The van der Waals surface area contributed by atoms with Gasteiger partial charge >= 0.3 is 6.18 Å². The Bertz CT molecular complexity index is 342. The predicted molar refractivity (Wildman–Crippen MR) is 107 cm³/mol. The molecule has 0 aliphatic heterocycles. The molecular formula is C22H45F3O. The molecular weight excluding hydrogens is 337 g/mol. The maximum Gasteiger partial charge on any atom is 0.389 e. The highest BCUT2D eigenvalue weighted by atomic mass is 19.4. The van der Waals surface area contributed by atoms with Gasteiger partial charge < -0.3 is 5.11 Å². The highest BCUT2D eigenvalue weighted by Gasteiger charge is 2.34. The fourth-order valence-electron chi connectivity index (χ4n) is 3.30. The standard InChI is InChI=1S/C9H18O.C7H16.C6H11F3/c1-9(2,3)7-5-4-6-8(7)10;1-5-6-7(2,3)4;1-5(2,3)4-6(7,8)9/h7-8,10H,4-6H2,1-3H3;5-6H2,1-4H3;4H2,1-3H3. The van der Waals surface area contributed by atoms with Crippen LogP contribution in [0.4, 0.5) is 13.2 Å². The molecule has 0 saturated heterocycles. The quantitative estimate of drug-likeness (QED) is 0.487. The fourth-order valence-corrected chi connectivity index (χ4v) is 3.30. The molecule has 1 nitrogen and oxygen atoms in total. The number of aliphatic hydroxyl groups is 1. The van der Waals surface area contributed by atoms with Gasteiger partial charge in [-0.1, -0.05) is 82.1 Å². The molecule has 4 heteroatoms. The maximum atomic E-state index is 11.6. The lowest BCUT2D eigenvalue weighted by Crippen LogP contribution is -2.27. The van der Waals surface area contributed by atoms with Gasteiger partial charge in [-0.2, -0.15) is 13.2 Å².